The minimum absolute atomic E-state index is 0.0944. The van der Waals surface area contributed by atoms with Gasteiger partial charge in [0.1, 0.15) is 6.10 Å². The molecule has 2 aliphatic rings. The molecule has 0 aromatic carbocycles. The van der Waals surface area contributed by atoms with Gasteiger partial charge in [0.05, 0.1) is 23.9 Å². The number of hydrogen-bond acceptors (Lipinski definition) is 5. The summed E-state index contributed by atoms with van der Waals surface area (Å²) in [4.78, 5) is 0. The smallest absolute Gasteiger partial charge is 0.163 e. The van der Waals surface area contributed by atoms with Gasteiger partial charge in [-0.25, -0.2) is 0 Å². The lowest BCUT2D eigenvalue weighted by Gasteiger charge is -2.44. The van der Waals surface area contributed by atoms with Gasteiger partial charge in [0.15, 0.2) is 5.79 Å². The molecule has 0 spiro atoms. The normalized spacial score (nSPS) is 51.4. The number of ether oxygens (including phenoxy) is 2. The Morgan fingerprint density at radius 2 is 1.81 bits per heavy atom. The van der Waals surface area contributed by atoms with E-state index in [0.717, 1.165) is 0 Å². The number of aliphatic hydroxyl groups excluding tert-OH is 1. The molecule has 3 N–H and O–H groups in total. The Hall–Kier alpha value is -0.200. The minimum Gasteiger partial charge on any atom is -0.393 e. The van der Waals surface area contributed by atoms with Gasteiger partial charge in [-0.3, -0.25) is 0 Å². The topological polar surface area (TPSA) is 79.2 Å². The average molecular weight is 232 g/mol. The first-order valence-corrected chi connectivity index (χ1v) is 5.59. The van der Waals surface area contributed by atoms with Crippen LogP contribution in [0.15, 0.2) is 0 Å². The third-order valence-corrected chi connectivity index (χ3v) is 3.36. The lowest BCUT2D eigenvalue weighted by molar-refractivity contribution is -0.184. The van der Waals surface area contributed by atoms with E-state index in [9.17, 15) is 15.3 Å². The lowest BCUT2D eigenvalue weighted by Crippen LogP contribution is -2.59. The maximum absolute atomic E-state index is 10.3. The largest absolute Gasteiger partial charge is 0.393 e. The molecule has 0 aromatic rings. The summed E-state index contributed by atoms with van der Waals surface area (Å²) < 4.78 is 11.3. The first-order valence-electron chi connectivity index (χ1n) is 5.59. The second-order valence-electron chi connectivity index (χ2n) is 5.72. The molecule has 1 aliphatic heterocycles. The molecule has 16 heavy (non-hydrogen) atoms. The molecule has 0 unspecified atom stereocenters. The van der Waals surface area contributed by atoms with Crippen LogP contribution in [0.2, 0.25) is 0 Å². The maximum Gasteiger partial charge on any atom is 0.163 e. The van der Waals surface area contributed by atoms with Gasteiger partial charge in [0, 0.05) is 12.8 Å². The van der Waals surface area contributed by atoms with Gasteiger partial charge in [-0.2, -0.15) is 0 Å². The Balaban J connectivity index is 2.24. The van der Waals surface area contributed by atoms with Crippen LogP contribution >= 0.6 is 0 Å². The van der Waals surface area contributed by atoms with Crippen molar-refractivity contribution < 1.29 is 24.8 Å². The Bertz CT molecular complexity index is 288. The zero-order chi connectivity index (χ0) is 12.2. The number of rotatable bonds is 1. The van der Waals surface area contributed by atoms with E-state index in [1.807, 2.05) is 0 Å². The molecular weight excluding hydrogens is 212 g/mol. The first-order chi connectivity index (χ1) is 7.18. The van der Waals surface area contributed by atoms with E-state index in [2.05, 4.69) is 0 Å². The summed E-state index contributed by atoms with van der Waals surface area (Å²) in [5.41, 5.74) is -2.47. The highest BCUT2D eigenvalue weighted by molar-refractivity contribution is 5.06. The molecule has 1 heterocycles. The highest BCUT2D eigenvalue weighted by atomic mass is 16.8. The number of aliphatic hydroxyl groups is 3. The van der Waals surface area contributed by atoms with Crippen molar-refractivity contribution in [3.63, 3.8) is 0 Å². The first kappa shape index (κ1) is 12.3. The van der Waals surface area contributed by atoms with Gasteiger partial charge in [-0.1, -0.05) is 0 Å². The second-order valence-corrected chi connectivity index (χ2v) is 5.72. The third kappa shape index (κ3) is 1.98. The summed E-state index contributed by atoms with van der Waals surface area (Å²) in [7, 11) is 0. The van der Waals surface area contributed by atoms with Crippen LogP contribution in [-0.2, 0) is 9.47 Å². The van der Waals surface area contributed by atoms with Crippen LogP contribution in [-0.4, -0.2) is 51.1 Å². The van der Waals surface area contributed by atoms with Crippen LogP contribution < -0.4 is 0 Å². The van der Waals surface area contributed by atoms with Crippen molar-refractivity contribution in [2.45, 2.75) is 62.8 Å². The fraction of sp³-hybridized carbons (Fsp3) is 1.00. The van der Waals surface area contributed by atoms with Gasteiger partial charge in [-0.05, 0) is 20.8 Å². The van der Waals surface area contributed by atoms with Gasteiger partial charge in [0.25, 0.3) is 0 Å². The van der Waals surface area contributed by atoms with E-state index >= 15 is 0 Å². The molecule has 0 bridgehead atoms. The van der Waals surface area contributed by atoms with Gasteiger partial charge in [-0.15, -0.1) is 0 Å². The molecule has 1 saturated carbocycles. The maximum atomic E-state index is 10.3. The molecule has 2 rings (SSSR count). The van der Waals surface area contributed by atoms with Gasteiger partial charge in [0.2, 0.25) is 0 Å². The van der Waals surface area contributed by atoms with Crippen molar-refractivity contribution in [1.29, 1.82) is 0 Å². The van der Waals surface area contributed by atoms with E-state index in [0.29, 0.717) is 0 Å². The minimum atomic E-state index is -1.28. The van der Waals surface area contributed by atoms with E-state index in [4.69, 9.17) is 9.47 Å². The van der Waals surface area contributed by atoms with Crippen molar-refractivity contribution in [2.24, 2.45) is 0 Å². The molecule has 1 saturated heterocycles. The Morgan fingerprint density at radius 1 is 1.19 bits per heavy atom. The molecule has 4 atom stereocenters. The summed E-state index contributed by atoms with van der Waals surface area (Å²) in [5, 5.41) is 29.5. The summed E-state index contributed by atoms with van der Waals surface area (Å²) in [6.07, 6.45) is -0.449. The van der Waals surface area contributed by atoms with Crippen molar-refractivity contribution in [3.8, 4) is 0 Å². The van der Waals surface area contributed by atoms with Crippen LogP contribution in [0.1, 0.15) is 33.6 Å². The summed E-state index contributed by atoms with van der Waals surface area (Å²) in [6, 6.07) is 0. The molecule has 1 aliphatic carbocycles. The molecule has 5 nitrogen and oxygen atoms in total. The van der Waals surface area contributed by atoms with Crippen LogP contribution in [0.25, 0.3) is 0 Å². The SMILES string of the molecule is CC1(C)O[C@@H]2[C@@H](C[C@@](O)(CO)C[C@@]2(C)O)O1. The predicted molar refractivity (Wildman–Crippen MR) is 55.7 cm³/mol. The van der Waals surface area contributed by atoms with Crippen LogP contribution in [0, 0.1) is 0 Å². The molecular formula is C11H20O5. The summed E-state index contributed by atoms with van der Waals surface area (Å²) in [6.45, 7) is 4.78. The van der Waals surface area contributed by atoms with Crippen molar-refractivity contribution >= 4 is 0 Å². The third-order valence-electron chi connectivity index (χ3n) is 3.36. The average Bonchev–Trinajstić information content (AvgIpc) is 2.39. The summed E-state index contributed by atoms with van der Waals surface area (Å²) in [5.74, 6) is -0.750. The molecule has 0 radical (unpaired) electrons. The highest BCUT2D eigenvalue weighted by Gasteiger charge is 2.58. The lowest BCUT2D eigenvalue weighted by atomic mass is 9.73. The zero-order valence-corrected chi connectivity index (χ0v) is 9.93. The molecule has 0 amide bonds. The highest BCUT2D eigenvalue weighted by Crippen LogP contribution is 2.45. The number of fused-ring (bicyclic) bond motifs is 1. The Kier molecular flexibility index (Phi) is 2.60. The van der Waals surface area contributed by atoms with Crippen molar-refractivity contribution in [1.82, 2.24) is 0 Å². The summed E-state index contributed by atoms with van der Waals surface area (Å²) >= 11 is 0. The van der Waals surface area contributed by atoms with Gasteiger partial charge >= 0.3 is 0 Å². The Labute approximate surface area is 95.0 Å². The Morgan fingerprint density at radius 3 is 2.38 bits per heavy atom. The molecule has 94 valence electrons. The van der Waals surface area contributed by atoms with E-state index < -0.39 is 23.1 Å². The van der Waals surface area contributed by atoms with Crippen LogP contribution in [0.3, 0.4) is 0 Å². The van der Waals surface area contributed by atoms with Gasteiger partial charge < -0.3 is 24.8 Å². The molecule has 2 fully saturated rings. The fourth-order valence-electron chi connectivity index (χ4n) is 2.85. The molecule has 5 heteroatoms. The predicted octanol–water partition coefficient (Wildman–Crippen LogP) is -0.225. The van der Waals surface area contributed by atoms with Crippen LogP contribution in [0.4, 0.5) is 0 Å². The monoisotopic (exact) mass is 232 g/mol. The second kappa shape index (κ2) is 3.40. The van der Waals surface area contributed by atoms with E-state index in [1.54, 1.807) is 20.8 Å². The standard InChI is InChI=1S/C11H20O5/c1-9(2)15-7-4-11(14,6-12)5-10(3,13)8(7)16-9/h7-8,12-14H,4-6H2,1-3H3/t7-,8-,10-,11+/m1/s1. The number of hydrogen-bond donors (Lipinski definition) is 3. The van der Waals surface area contributed by atoms with E-state index in [-0.39, 0.29) is 25.6 Å². The fourth-order valence-corrected chi connectivity index (χ4v) is 2.85. The zero-order valence-electron chi connectivity index (χ0n) is 9.93. The quantitative estimate of drug-likeness (QED) is 0.582. The molecule has 0 aromatic heterocycles. The van der Waals surface area contributed by atoms with E-state index in [1.165, 1.54) is 0 Å². The van der Waals surface area contributed by atoms with Crippen molar-refractivity contribution in [2.75, 3.05) is 6.61 Å². The van der Waals surface area contributed by atoms with Crippen LogP contribution in [0.5, 0.6) is 0 Å². The van der Waals surface area contributed by atoms with Crippen molar-refractivity contribution in [3.05, 3.63) is 0 Å².